The van der Waals surface area contributed by atoms with Gasteiger partial charge in [0.25, 0.3) is 0 Å². The highest BCUT2D eigenvalue weighted by Gasteiger charge is 2.18. The quantitative estimate of drug-likeness (QED) is 0.252. The molecule has 0 aliphatic rings. The number of nitriles is 1. The van der Waals surface area contributed by atoms with Crippen molar-refractivity contribution in [2.45, 2.75) is 6.42 Å². The van der Waals surface area contributed by atoms with Gasteiger partial charge < -0.3 is 10.6 Å². The summed E-state index contributed by atoms with van der Waals surface area (Å²) in [4.78, 5) is 27.7. The average molecular weight is 528 g/mol. The van der Waals surface area contributed by atoms with Gasteiger partial charge in [-0.25, -0.2) is 15.0 Å². The first-order chi connectivity index (χ1) is 19.2. The molecule has 0 atom stereocenters. The number of carbonyl (C=O) groups is 1. The molecule has 6 aromatic rings. The summed E-state index contributed by atoms with van der Waals surface area (Å²) in [6.45, 7) is 0. The Bertz CT molecular complexity index is 1840. The summed E-state index contributed by atoms with van der Waals surface area (Å²) in [7, 11) is 0. The molecule has 0 fully saturated rings. The predicted octanol–water partition coefficient (Wildman–Crippen LogP) is 6.32. The molecule has 0 saturated heterocycles. The van der Waals surface area contributed by atoms with Gasteiger partial charge in [-0.05, 0) is 60.0 Å². The number of carbonyl (C=O) groups excluding carboxylic acids is 1. The van der Waals surface area contributed by atoms with Crippen LogP contribution in [0.2, 0.25) is 0 Å². The van der Waals surface area contributed by atoms with Crippen LogP contribution in [0.4, 0.5) is 17.3 Å². The van der Waals surface area contributed by atoms with E-state index in [0.29, 0.717) is 29.3 Å². The molecule has 6 rings (SSSR count). The summed E-state index contributed by atoms with van der Waals surface area (Å²) in [6, 6.07) is 28.5. The van der Waals surface area contributed by atoms with E-state index in [-0.39, 0.29) is 5.91 Å². The smallest absolute Gasteiger partial charge is 0.229 e. The van der Waals surface area contributed by atoms with Crippen LogP contribution in [-0.2, 0) is 11.2 Å². The first-order valence-electron chi connectivity index (χ1n) is 12.2. The number of aromatic nitrogens is 4. The molecule has 8 nitrogen and oxygen atoms in total. The molecule has 188 valence electrons. The first-order valence-corrected chi connectivity index (χ1v) is 13.0. The maximum atomic E-state index is 12.6. The van der Waals surface area contributed by atoms with Crippen molar-refractivity contribution in [1.82, 2.24) is 19.4 Å². The van der Waals surface area contributed by atoms with Crippen molar-refractivity contribution in [3.05, 3.63) is 113 Å². The molecule has 2 N–H and O–H groups in total. The number of nitrogens with one attached hydrogen (secondary N) is 2. The number of rotatable bonds is 7. The van der Waals surface area contributed by atoms with Crippen molar-refractivity contribution >= 4 is 40.2 Å². The number of hydrogen-bond acceptors (Lipinski definition) is 7. The third kappa shape index (κ3) is 5.23. The minimum atomic E-state index is -0.0724. The second-order valence-electron chi connectivity index (χ2n) is 8.71. The number of pyridine rings is 1. The summed E-state index contributed by atoms with van der Waals surface area (Å²) in [5.74, 6) is 0.325. The lowest BCUT2D eigenvalue weighted by Gasteiger charge is -2.10. The lowest BCUT2D eigenvalue weighted by molar-refractivity contribution is -0.115. The summed E-state index contributed by atoms with van der Waals surface area (Å²) in [6.07, 6.45) is 3.96. The Balaban J connectivity index is 1.36. The number of amides is 1. The second kappa shape index (κ2) is 10.6. The third-order valence-electron chi connectivity index (χ3n) is 6.01. The summed E-state index contributed by atoms with van der Waals surface area (Å²) >= 11 is 1.56. The maximum absolute atomic E-state index is 12.6. The second-order valence-corrected chi connectivity index (χ2v) is 9.74. The van der Waals surface area contributed by atoms with Crippen molar-refractivity contribution in [1.29, 1.82) is 5.26 Å². The standard InChI is InChI=1S/C30H21N7OS/c31-19-20-6-3-8-22(16-20)34-30-32-13-12-25(35-30)29-28(36-26-11-1-2-14-37(26)29)21-7-4-9-23(17-21)33-27(38)18-24-10-5-15-39-24/h1-17H,18H2,(H,33,38)(H,32,34,35). The molecule has 2 aromatic carbocycles. The fourth-order valence-corrected chi connectivity index (χ4v) is 5.01. The van der Waals surface area contributed by atoms with Crippen LogP contribution in [0.1, 0.15) is 10.4 Å². The van der Waals surface area contributed by atoms with Gasteiger partial charge in [-0.3, -0.25) is 9.20 Å². The van der Waals surface area contributed by atoms with Crippen molar-refractivity contribution < 1.29 is 4.79 Å². The van der Waals surface area contributed by atoms with Gasteiger partial charge in [0.1, 0.15) is 5.65 Å². The number of hydrogen-bond donors (Lipinski definition) is 2. The van der Waals surface area contributed by atoms with Crippen LogP contribution < -0.4 is 10.6 Å². The molecule has 0 aliphatic heterocycles. The fraction of sp³-hybridized carbons (Fsp3) is 0.0333. The normalized spacial score (nSPS) is 10.7. The van der Waals surface area contributed by atoms with E-state index in [9.17, 15) is 10.1 Å². The Hall–Kier alpha value is -5.33. The van der Waals surface area contributed by atoms with Crippen LogP contribution in [0.25, 0.3) is 28.3 Å². The zero-order chi connectivity index (χ0) is 26.6. The molecule has 1 amide bonds. The Kier molecular flexibility index (Phi) is 6.52. The molecule has 0 aliphatic carbocycles. The number of nitrogens with zero attached hydrogens (tertiary/aromatic N) is 5. The van der Waals surface area contributed by atoms with Crippen molar-refractivity contribution in [3.63, 3.8) is 0 Å². The largest absolute Gasteiger partial charge is 0.326 e. The Morgan fingerprint density at radius 3 is 2.72 bits per heavy atom. The van der Waals surface area contributed by atoms with Crippen molar-refractivity contribution in [3.8, 4) is 28.7 Å². The predicted molar refractivity (Wildman–Crippen MR) is 153 cm³/mol. The van der Waals surface area contributed by atoms with Crippen LogP contribution in [0.3, 0.4) is 0 Å². The van der Waals surface area contributed by atoms with Gasteiger partial charge in [0.05, 0.1) is 35.1 Å². The SMILES string of the molecule is N#Cc1cccc(Nc2nccc(-c3c(-c4cccc(NC(=O)Cc5cccs5)c4)nc4ccccn34)n2)c1. The van der Waals surface area contributed by atoms with Crippen molar-refractivity contribution in [2.75, 3.05) is 10.6 Å². The minimum absolute atomic E-state index is 0.0724. The van der Waals surface area contributed by atoms with E-state index >= 15 is 0 Å². The highest BCUT2D eigenvalue weighted by Crippen LogP contribution is 2.33. The van der Waals surface area contributed by atoms with E-state index in [0.717, 1.165) is 33.2 Å². The average Bonchev–Trinajstić information content (AvgIpc) is 3.61. The Morgan fingerprint density at radius 1 is 0.949 bits per heavy atom. The molecular weight excluding hydrogens is 506 g/mol. The zero-order valence-corrected chi connectivity index (χ0v) is 21.4. The van der Waals surface area contributed by atoms with Gasteiger partial charge in [-0.1, -0.05) is 30.3 Å². The number of fused-ring (bicyclic) bond motifs is 1. The Morgan fingerprint density at radius 2 is 1.85 bits per heavy atom. The molecule has 0 saturated carbocycles. The number of benzene rings is 2. The molecule has 0 spiro atoms. The number of anilines is 3. The fourth-order valence-electron chi connectivity index (χ4n) is 4.31. The van der Waals surface area contributed by atoms with Gasteiger partial charge in [0.15, 0.2) is 0 Å². The van der Waals surface area contributed by atoms with Crippen LogP contribution in [0.15, 0.2) is 103 Å². The molecule has 0 radical (unpaired) electrons. The van der Waals surface area contributed by atoms with E-state index < -0.39 is 0 Å². The molecular formula is C30H21N7OS. The molecule has 9 heteroatoms. The summed E-state index contributed by atoms with van der Waals surface area (Å²) in [5.41, 5.74) is 5.76. The van der Waals surface area contributed by atoms with E-state index in [1.165, 1.54) is 0 Å². The lowest BCUT2D eigenvalue weighted by atomic mass is 10.1. The lowest BCUT2D eigenvalue weighted by Crippen LogP contribution is -2.13. The van der Waals surface area contributed by atoms with Gasteiger partial charge in [-0.2, -0.15) is 5.26 Å². The van der Waals surface area contributed by atoms with Crippen LogP contribution in [-0.4, -0.2) is 25.3 Å². The highest BCUT2D eigenvalue weighted by molar-refractivity contribution is 7.10. The number of thiophene rings is 1. The first kappa shape index (κ1) is 24.0. The molecule has 0 bridgehead atoms. The zero-order valence-electron chi connectivity index (χ0n) is 20.6. The Labute approximate surface area is 228 Å². The summed E-state index contributed by atoms with van der Waals surface area (Å²) in [5, 5.41) is 17.4. The van der Waals surface area contributed by atoms with E-state index in [1.807, 2.05) is 82.7 Å². The van der Waals surface area contributed by atoms with Gasteiger partial charge >= 0.3 is 0 Å². The topological polar surface area (TPSA) is 108 Å². The molecule has 4 heterocycles. The monoisotopic (exact) mass is 527 g/mol. The number of imidazole rings is 1. The van der Waals surface area contributed by atoms with E-state index in [4.69, 9.17) is 9.97 Å². The van der Waals surface area contributed by atoms with Crippen molar-refractivity contribution in [2.24, 2.45) is 0 Å². The maximum Gasteiger partial charge on any atom is 0.229 e. The van der Waals surface area contributed by atoms with Crippen LogP contribution >= 0.6 is 11.3 Å². The van der Waals surface area contributed by atoms with Crippen LogP contribution in [0.5, 0.6) is 0 Å². The van der Waals surface area contributed by atoms with E-state index in [1.54, 1.807) is 35.7 Å². The molecule has 0 unspecified atom stereocenters. The highest BCUT2D eigenvalue weighted by atomic mass is 32.1. The van der Waals surface area contributed by atoms with Gasteiger partial charge in [-0.15, -0.1) is 11.3 Å². The van der Waals surface area contributed by atoms with Crippen LogP contribution in [0, 0.1) is 11.3 Å². The van der Waals surface area contributed by atoms with Gasteiger partial charge in [0, 0.05) is 34.2 Å². The summed E-state index contributed by atoms with van der Waals surface area (Å²) < 4.78 is 1.99. The molecule has 4 aromatic heterocycles. The van der Waals surface area contributed by atoms with E-state index in [2.05, 4.69) is 21.7 Å². The van der Waals surface area contributed by atoms with Gasteiger partial charge in [0.2, 0.25) is 11.9 Å². The third-order valence-corrected chi connectivity index (χ3v) is 6.89. The molecule has 39 heavy (non-hydrogen) atoms. The minimum Gasteiger partial charge on any atom is -0.326 e.